The van der Waals surface area contributed by atoms with Crippen LogP contribution < -0.4 is 0 Å². The SMILES string of the molecule is O/N=C1/C[C@H]2c3ccccc3C[C@@H]12. The Balaban J connectivity index is 2.02. The van der Waals surface area contributed by atoms with Crippen LogP contribution in [-0.2, 0) is 6.42 Å². The second-order valence-corrected chi connectivity index (χ2v) is 3.91. The summed E-state index contributed by atoms with van der Waals surface area (Å²) >= 11 is 0. The van der Waals surface area contributed by atoms with E-state index in [-0.39, 0.29) is 0 Å². The van der Waals surface area contributed by atoms with E-state index in [0.717, 1.165) is 18.6 Å². The van der Waals surface area contributed by atoms with E-state index >= 15 is 0 Å². The molecule has 0 aliphatic heterocycles. The van der Waals surface area contributed by atoms with Gasteiger partial charge >= 0.3 is 0 Å². The quantitative estimate of drug-likeness (QED) is 0.473. The lowest BCUT2D eigenvalue weighted by atomic mass is 9.72. The molecule has 0 amide bonds. The molecule has 1 fully saturated rings. The van der Waals surface area contributed by atoms with Crippen molar-refractivity contribution in [1.82, 2.24) is 0 Å². The van der Waals surface area contributed by atoms with Gasteiger partial charge < -0.3 is 5.21 Å². The van der Waals surface area contributed by atoms with E-state index in [0.29, 0.717) is 11.8 Å². The first kappa shape index (κ1) is 7.13. The minimum absolute atomic E-state index is 0.502. The maximum atomic E-state index is 8.70. The van der Waals surface area contributed by atoms with Gasteiger partial charge in [0.1, 0.15) is 0 Å². The maximum Gasteiger partial charge on any atom is 0.0617 e. The first-order chi connectivity index (χ1) is 6.40. The smallest absolute Gasteiger partial charge is 0.0617 e. The van der Waals surface area contributed by atoms with Crippen LogP contribution in [-0.4, -0.2) is 10.9 Å². The van der Waals surface area contributed by atoms with E-state index in [2.05, 4.69) is 29.4 Å². The summed E-state index contributed by atoms with van der Waals surface area (Å²) in [6.45, 7) is 0. The van der Waals surface area contributed by atoms with Gasteiger partial charge in [0.25, 0.3) is 0 Å². The van der Waals surface area contributed by atoms with Crippen molar-refractivity contribution in [1.29, 1.82) is 0 Å². The van der Waals surface area contributed by atoms with Crippen LogP contribution in [0.15, 0.2) is 29.4 Å². The molecule has 13 heavy (non-hydrogen) atoms. The lowest BCUT2D eigenvalue weighted by Crippen LogP contribution is -2.32. The second kappa shape index (κ2) is 2.34. The predicted octanol–water partition coefficient (Wildman–Crippen LogP) is 2.18. The lowest BCUT2D eigenvalue weighted by Gasteiger charge is -2.31. The molecule has 1 N–H and O–H groups in total. The molecule has 1 saturated carbocycles. The van der Waals surface area contributed by atoms with Gasteiger partial charge in [-0.2, -0.15) is 0 Å². The summed E-state index contributed by atoms with van der Waals surface area (Å²) in [4.78, 5) is 0. The zero-order valence-electron chi connectivity index (χ0n) is 7.27. The Bertz CT molecular complexity index is 383. The number of rotatable bonds is 0. The largest absolute Gasteiger partial charge is 0.411 e. The molecule has 66 valence electrons. The number of oxime groups is 1. The van der Waals surface area contributed by atoms with Crippen molar-refractivity contribution in [2.75, 3.05) is 0 Å². The van der Waals surface area contributed by atoms with Crippen molar-refractivity contribution in [2.45, 2.75) is 18.8 Å². The average Bonchev–Trinajstić information content (AvgIpc) is 2.41. The van der Waals surface area contributed by atoms with Gasteiger partial charge in [-0.1, -0.05) is 29.4 Å². The third-order valence-electron chi connectivity index (χ3n) is 3.37. The summed E-state index contributed by atoms with van der Waals surface area (Å²) in [5.74, 6) is 1.14. The van der Waals surface area contributed by atoms with Crippen LogP contribution in [0.3, 0.4) is 0 Å². The number of nitrogens with zero attached hydrogens (tertiary/aromatic N) is 1. The first-order valence-electron chi connectivity index (χ1n) is 4.69. The monoisotopic (exact) mass is 173 g/mol. The van der Waals surface area contributed by atoms with E-state index < -0.39 is 0 Å². The summed E-state index contributed by atoms with van der Waals surface area (Å²) in [7, 11) is 0. The molecule has 1 aromatic carbocycles. The van der Waals surface area contributed by atoms with Crippen molar-refractivity contribution >= 4 is 5.71 Å². The predicted molar refractivity (Wildman–Crippen MR) is 50.2 cm³/mol. The molecule has 0 saturated heterocycles. The fourth-order valence-corrected chi connectivity index (χ4v) is 2.61. The Labute approximate surface area is 76.9 Å². The summed E-state index contributed by atoms with van der Waals surface area (Å²) < 4.78 is 0. The Hall–Kier alpha value is -1.31. The van der Waals surface area contributed by atoms with E-state index in [9.17, 15) is 0 Å². The summed E-state index contributed by atoms with van der Waals surface area (Å²) in [6.07, 6.45) is 2.03. The van der Waals surface area contributed by atoms with E-state index in [1.54, 1.807) is 0 Å². The van der Waals surface area contributed by atoms with E-state index in [1.165, 1.54) is 11.1 Å². The molecule has 3 rings (SSSR count). The number of benzene rings is 1. The minimum atomic E-state index is 0.502. The summed E-state index contributed by atoms with van der Waals surface area (Å²) in [5, 5.41) is 12.0. The van der Waals surface area contributed by atoms with E-state index in [1.807, 2.05) is 0 Å². The van der Waals surface area contributed by atoms with Crippen molar-refractivity contribution < 1.29 is 5.21 Å². The van der Waals surface area contributed by atoms with Gasteiger partial charge in [-0.15, -0.1) is 0 Å². The van der Waals surface area contributed by atoms with Gasteiger partial charge in [-0.05, 0) is 29.9 Å². The van der Waals surface area contributed by atoms with Crippen LogP contribution in [0.4, 0.5) is 0 Å². The first-order valence-corrected chi connectivity index (χ1v) is 4.69. The average molecular weight is 173 g/mol. The molecule has 2 aliphatic rings. The molecule has 2 aliphatic carbocycles. The lowest BCUT2D eigenvalue weighted by molar-refractivity contribution is 0.302. The zero-order chi connectivity index (χ0) is 8.84. The molecule has 0 aromatic heterocycles. The van der Waals surface area contributed by atoms with E-state index in [4.69, 9.17) is 5.21 Å². The summed E-state index contributed by atoms with van der Waals surface area (Å²) in [6, 6.07) is 8.56. The Morgan fingerprint density at radius 3 is 2.85 bits per heavy atom. The molecular weight excluding hydrogens is 162 g/mol. The highest BCUT2D eigenvalue weighted by Gasteiger charge is 2.44. The molecule has 0 bridgehead atoms. The molecule has 0 spiro atoms. The Morgan fingerprint density at radius 1 is 1.15 bits per heavy atom. The third-order valence-corrected chi connectivity index (χ3v) is 3.37. The normalized spacial score (nSPS) is 32.5. The van der Waals surface area contributed by atoms with Gasteiger partial charge in [0, 0.05) is 5.92 Å². The molecule has 0 unspecified atom stereocenters. The van der Waals surface area contributed by atoms with Gasteiger partial charge in [-0.25, -0.2) is 0 Å². The highest BCUT2D eigenvalue weighted by atomic mass is 16.4. The van der Waals surface area contributed by atoms with Crippen molar-refractivity contribution in [2.24, 2.45) is 11.1 Å². The zero-order valence-corrected chi connectivity index (χ0v) is 7.27. The third kappa shape index (κ3) is 0.804. The molecule has 0 radical (unpaired) electrons. The van der Waals surface area contributed by atoms with Crippen LogP contribution in [0.25, 0.3) is 0 Å². The highest BCUT2D eigenvalue weighted by molar-refractivity contribution is 5.95. The van der Waals surface area contributed by atoms with Crippen molar-refractivity contribution in [3.63, 3.8) is 0 Å². The molecule has 0 heterocycles. The minimum Gasteiger partial charge on any atom is -0.411 e. The van der Waals surface area contributed by atoms with Crippen LogP contribution >= 0.6 is 0 Å². The Kier molecular flexibility index (Phi) is 1.29. The van der Waals surface area contributed by atoms with Crippen molar-refractivity contribution in [3.05, 3.63) is 35.4 Å². The van der Waals surface area contributed by atoms with Crippen LogP contribution in [0.5, 0.6) is 0 Å². The summed E-state index contributed by atoms with van der Waals surface area (Å²) in [5.41, 5.74) is 3.90. The van der Waals surface area contributed by atoms with Crippen LogP contribution in [0.1, 0.15) is 23.5 Å². The fourth-order valence-electron chi connectivity index (χ4n) is 2.61. The molecular formula is C11H11NO. The molecule has 2 atom stereocenters. The number of fused-ring (bicyclic) bond motifs is 3. The van der Waals surface area contributed by atoms with Gasteiger partial charge in [0.15, 0.2) is 0 Å². The second-order valence-electron chi connectivity index (χ2n) is 3.91. The van der Waals surface area contributed by atoms with Crippen LogP contribution in [0, 0.1) is 5.92 Å². The van der Waals surface area contributed by atoms with Gasteiger partial charge in [-0.3, -0.25) is 0 Å². The number of hydrogen-bond acceptors (Lipinski definition) is 2. The van der Waals surface area contributed by atoms with Gasteiger partial charge in [0.05, 0.1) is 5.71 Å². The van der Waals surface area contributed by atoms with Gasteiger partial charge in [0.2, 0.25) is 0 Å². The molecule has 1 aromatic rings. The standard InChI is InChI=1S/C11H11NO/c13-12-11-6-9-8-4-2-1-3-7(8)5-10(9)11/h1-4,9-10,13H,5-6H2/b12-11-/t9-,10+/m0/s1. The Morgan fingerprint density at radius 2 is 2.00 bits per heavy atom. The number of hydrogen-bond donors (Lipinski definition) is 1. The maximum absolute atomic E-state index is 8.70. The van der Waals surface area contributed by atoms with Crippen molar-refractivity contribution in [3.8, 4) is 0 Å². The molecule has 2 heteroatoms. The topological polar surface area (TPSA) is 32.6 Å². The fraction of sp³-hybridized carbons (Fsp3) is 0.364. The highest BCUT2D eigenvalue weighted by Crippen LogP contribution is 2.49. The molecule has 2 nitrogen and oxygen atoms in total. The van der Waals surface area contributed by atoms with Crippen LogP contribution in [0.2, 0.25) is 0 Å².